The molecule has 0 fully saturated rings. The number of pyridine rings is 1. The fraction of sp³-hybridized carbons (Fsp3) is 0. The summed E-state index contributed by atoms with van der Waals surface area (Å²) in [7, 11) is 0. The zero-order valence-corrected chi connectivity index (χ0v) is 13.1. The number of aromatic nitrogens is 1. The van der Waals surface area contributed by atoms with E-state index in [1.807, 2.05) is 0 Å². The molecule has 1 aliphatic rings. The first-order valence-electron chi connectivity index (χ1n) is 6.41. The minimum atomic E-state index is -0.585. The predicted octanol–water partition coefficient (Wildman–Crippen LogP) is 3.10. The number of nitro groups is 1. The molecule has 1 aliphatic heterocycles. The number of hydrogen-bond donors (Lipinski definition) is 0. The number of carbonyl (C=O) groups is 1. The molecule has 2 aromatic rings. The van der Waals surface area contributed by atoms with Crippen LogP contribution in [-0.4, -0.2) is 21.8 Å². The summed E-state index contributed by atoms with van der Waals surface area (Å²) in [5, 5.41) is 10.6. The third-order valence-electron chi connectivity index (χ3n) is 2.98. The monoisotopic (exact) mass is 373 g/mol. The molecule has 114 valence electrons. The summed E-state index contributed by atoms with van der Waals surface area (Å²) in [6.45, 7) is 0. The lowest BCUT2D eigenvalue weighted by atomic mass is 10.2. The second kappa shape index (κ2) is 6.09. The standard InChI is InChI=1S/C15H8BrN3O4/c16-11-6-10(7-17-8-11)14-18-13(15(20)23-14)5-9-1-3-12(4-2-9)19(21)22/h1-8H. The summed E-state index contributed by atoms with van der Waals surface area (Å²) in [4.78, 5) is 30.1. The lowest BCUT2D eigenvalue weighted by Crippen LogP contribution is -2.05. The number of rotatable bonds is 3. The molecule has 0 unspecified atom stereocenters. The molecule has 23 heavy (non-hydrogen) atoms. The van der Waals surface area contributed by atoms with Gasteiger partial charge in [0.15, 0.2) is 5.70 Å². The number of cyclic esters (lactones) is 1. The number of benzene rings is 1. The van der Waals surface area contributed by atoms with E-state index in [9.17, 15) is 14.9 Å². The van der Waals surface area contributed by atoms with Crippen molar-refractivity contribution in [1.82, 2.24) is 4.98 Å². The molecule has 0 amide bonds. The number of aliphatic imine (C=N–C) groups is 1. The summed E-state index contributed by atoms with van der Waals surface area (Å²) >= 11 is 3.28. The van der Waals surface area contributed by atoms with Gasteiger partial charge in [0.1, 0.15) is 0 Å². The van der Waals surface area contributed by atoms with Gasteiger partial charge in [-0.25, -0.2) is 9.79 Å². The van der Waals surface area contributed by atoms with Gasteiger partial charge in [0, 0.05) is 29.0 Å². The topological polar surface area (TPSA) is 94.7 Å². The second-order valence-electron chi connectivity index (χ2n) is 4.58. The van der Waals surface area contributed by atoms with Crippen molar-refractivity contribution >= 4 is 39.6 Å². The predicted molar refractivity (Wildman–Crippen MR) is 85.6 cm³/mol. The van der Waals surface area contributed by atoms with Crippen LogP contribution < -0.4 is 0 Å². The molecule has 2 heterocycles. The van der Waals surface area contributed by atoms with Crippen LogP contribution in [0.4, 0.5) is 5.69 Å². The Kier molecular flexibility index (Phi) is 3.98. The fourth-order valence-corrected chi connectivity index (χ4v) is 2.28. The summed E-state index contributed by atoms with van der Waals surface area (Å²) < 4.78 is 5.86. The van der Waals surface area contributed by atoms with Crippen molar-refractivity contribution in [2.75, 3.05) is 0 Å². The number of ether oxygens (including phenoxy) is 1. The number of esters is 1. The van der Waals surface area contributed by atoms with Crippen LogP contribution in [0.1, 0.15) is 11.1 Å². The first-order valence-corrected chi connectivity index (χ1v) is 7.20. The van der Waals surface area contributed by atoms with Crippen molar-refractivity contribution in [3.63, 3.8) is 0 Å². The van der Waals surface area contributed by atoms with Crippen LogP contribution in [0.2, 0.25) is 0 Å². The van der Waals surface area contributed by atoms with Gasteiger partial charge in [0.2, 0.25) is 5.90 Å². The Labute approximate surface area is 138 Å². The maximum absolute atomic E-state index is 11.9. The Bertz CT molecular complexity index is 859. The van der Waals surface area contributed by atoms with Gasteiger partial charge in [0.05, 0.1) is 10.5 Å². The van der Waals surface area contributed by atoms with Crippen LogP contribution in [0.5, 0.6) is 0 Å². The molecule has 0 saturated heterocycles. The Balaban J connectivity index is 1.90. The quantitative estimate of drug-likeness (QED) is 0.356. The molecule has 7 nitrogen and oxygen atoms in total. The van der Waals surface area contributed by atoms with Gasteiger partial charge in [-0.1, -0.05) is 0 Å². The Morgan fingerprint density at radius 3 is 2.61 bits per heavy atom. The normalized spacial score (nSPS) is 15.4. The Morgan fingerprint density at radius 1 is 1.22 bits per heavy atom. The molecule has 0 bridgehead atoms. The van der Waals surface area contributed by atoms with Crippen LogP contribution in [-0.2, 0) is 9.53 Å². The van der Waals surface area contributed by atoms with Crippen molar-refractivity contribution < 1.29 is 14.5 Å². The largest absolute Gasteiger partial charge is 0.402 e. The highest BCUT2D eigenvalue weighted by Crippen LogP contribution is 2.21. The van der Waals surface area contributed by atoms with Crippen molar-refractivity contribution in [1.29, 1.82) is 0 Å². The average Bonchev–Trinajstić information content (AvgIpc) is 2.89. The van der Waals surface area contributed by atoms with E-state index in [0.29, 0.717) is 11.1 Å². The molecular formula is C15H8BrN3O4. The molecule has 3 rings (SSSR count). The molecule has 0 N–H and O–H groups in total. The summed E-state index contributed by atoms with van der Waals surface area (Å²) in [6.07, 6.45) is 4.64. The highest BCUT2D eigenvalue weighted by molar-refractivity contribution is 9.10. The zero-order valence-electron chi connectivity index (χ0n) is 11.5. The van der Waals surface area contributed by atoms with E-state index in [2.05, 4.69) is 25.9 Å². The number of carbonyl (C=O) groups excluding carboxylic acids is 1. The molecule has 1 aromatic heterocycles. The van der Waals surface area contributed by atoms with E-state index >= 15 is 0 Å². The Hall–Kier alpha value is -2.87. The lowest BCUT2D eigenvalue weighted by Gasteiger charge is -1.98. The van der Waals surface area contributed by atoms with Crippen LogP contribution in [0.15, 0.2) is 57.9 Å². The first-order chi connectivity index (χ1) is 11.0. The fourth-order valence-electron chi connectivity index (χ4n) is 1.91. The molecule has 8 heteroatoms. The number of hydrogen-bond acceptors (Lipinski definition) is 6. The molecule has 0 radical (unpaired) electrons. The second-order valence-corrected chi connectivity index (χ2v) is 5.49. The molecule has 0 spiro atoms. The smallest absolute Gasteiger partial charge is 0.363 e. The van der Waals surface area contributed by atoms with Gasteiger partial charge in [0.25, 0.3) is 5.69 Å². The van der Waals surface area contributed by atoms with Gasteiger partial charge in [-0.05, 0) is 45.8 Å². The van der Waals surface area contributed by atoms with Gasteiger partial charge < -0.3 is 4.74 Å². The van der Waals surface area contributed by atoms with Crippen molar-refractivity contribution in [3.05, 3.63) is 74.1 Å². The number of halogens is 1. The highest BCUT2D eigenvalue weighted by Gasteiger charge is 2.24. The number of nitrogens with zero attached hydrogens (tertiary/aromatic N) is 3. The van der Waals surface area contributed by atoms with Crippen molar-refractivity contribution in [3.8, 4) is 0 Å². The maximum Gasteiger partial charge on any atom is 0.363 e. The molecule has 0 aliphatic carbocycles. The van der Waals surface area contributed by atoms with Crippen LogP contribution in [0, 0.1) is 10.1 Å². The lowest BCUT2D eigenvalue weighted by molar-refractivity contribution is -0.384. The van der Waals surface area contributed by atoms with Gasteiger partial charge in [-0.3, -0.25) is 15.1 Å². The first kappa shape index (κ1) is 15.0. The van der Waals surface area contributed by atoms with E-state index in [4.69, 9.17) is 4.74 Å². The van der Waals surface area contributed by atoms with Crippen LogP contribution >= 0.6 is 15.9 Å². The van der Waals surface area contributed by atoms with Crippen LogP contribution in [0.25, 0.3) is 6.08 Å². The molecule has 0 saturated carbocycles. The Morgan fingerprint density at radius 2 is 1.96 bits per heavy atom. The van der Waals surface area contributed by atoms with E-state index in [-0.39, 0.29) is 17.3 Å². The zero-order chi connectivity index (χ0) is 16.4. The van der Waals surface area contributed by atoms with E-state index < -0.39 is 10.9 Å². The third-order valence-corrected chi connectivity index (χ3v) is 3.41. The minimum absolute atomic E-state index is 0.0226. The van der Waals surface area contributed by atoms with E-state index in [1.54, 1.807) is 12.3 Å². The van der Waals surface area contributed by atoms with Crippen molar-refractivity contribution in [2.24, 2.45) is 4.99 Å². The van der Waals surface area contributed by atoms with Crippen molar-refractivity contribution in [2.45, 2.75) is 0 Å². The number of non-ortho nitro benzene ring substituents is 1. The molecular weight excluding hydrogens is 366 g/mol. The van der Waals surface area contributed by atoms with Crippen LogP contribution in [0.3, 0.4) is 0 Å². The summed E-state index contributed by atoms with van der Waals surface area (Å²) in [6, 6.07) is 7.51. The van der Waals surface area contributed by atoms with Gasteiger partial charge in [-0.2, -0.15) is 0 Å². The van der Waals surface area contributed by atoms with Gasteiger partial charge in [-0.15, -0.1) is 0 Å². The summed E-state index contributed by atoms with van der Waals surface area (Å²) in [5.41, 5.74) is 1.28. The third kappa shape index (κ3) is 3.32. The SMILES string of the molecule is O=C1OC(c2cncc(Br)c2)=NC1=Cc1ccc([N+](=O)[O-])cc1. The molecule has 0 atom stereocenters. The molecule has 1 aromatic carbocycles. The maximum atomic E-state index is 11.9. The van der Waals surface area contributed by atoms with E-state index in [0.717, 1.165) is 4.47 Å². The van der Waals surface area contributed by atoms with E-state index in [1.165, 1.54) is 36.5 Å². The highest BCUT2D eigenvalue weighted by atomic mass is 79.9. The average molecular weight is 374 g/mol. The minimum Gasteiger partial charge on any atom is -0.402 e. The summed E-state index contributed by atoms with van der Waals surface area (Å²) in [5.74, 6) is -0.421. The number of nitro benzene ring substituents is 1. The van der Waals surface area contributed by atoms with Gasteiger partial charge >= 0.3 is 5.97 Å².